The van der Waals surface area contributed by atoms with Crippen LogP contribution in [0.3, 0.4) is 0 Å². The number of ether oxygens (including phenoxy) is 1. The molecule has 0 N–H and O–H groups in total. The number of esters is 1. The van der Waals surface area contributed by atoms with Gasteiger partial charge in [0.25, 0.3) is 0 Å². The van der Waals surface area contributed by atoms with E-state index >= 15 is 0 Å². The molecule has 0 unspecified atom stereocenters. The Balaban J connectivity index is 1.23. The van der Waals surface area contributed by atoms with Crippen molar-refractivity contribution in [3.05, 3.63) is 78.8 Å². The lowest BCUT2D eigenvalue weighted by molar-refractivity contribution is -0.148. The Morgan fingerprint density at radius 1 is 0.681 bits per heavy atom. The second kappa shape index (κ2) is 20.2. The normalized spacial score (nSPS) is 11.1. The number of Topliss-reactive ketones (excluding diaryl/α,β-unsaturated/α-hetero) is 1. The molecule has 0 fully saturated rings. The maximum Gasteiger partial charge on any atom is 0.307 e. The van der Waals surface area contributed by atoms with Crippen molar-refractivity contribution in [3.63, 3.8) is 0 Å². The van der Waals surface area contributed by atoms with Crippen LogP contribution in [0.5, 0.6) is 0 Å². The summed E-state index contributed by atoms with van der Waals surface area (Å²) in [5.74, 6) is -0.176. The van der Waals surface area contributed by atoms with Crippen molar-refractivity contribution >= 4 is 11.8 Å². The topological polar surface area (TPSA) is 87.0 Å². The SMILES string of the molecule is CCCCCCCCCCCCCCCCCC(=O)OCn1ncc(-c2ccnc(-c3ccc(C(C)=O)cc3)c2)c1-c1ccccn1. The first-order valence-corrected chi connectivity index (χ1v) is 17.8. The van der Waals surface area contributed by atoms with E-state index in [0.29, 0.717) is 12.0 Å². The van der Waals surface area contributed by atoms with E-state index in [1.165, 1.54) is 83.5 Å². The Hall–Kier alpha value is -4.13. The smallest absolute Gasteiger partial charge is 0.307 e. The summed E-state index contributed by atoms with van der Waals surface area (Å²) >= 11 is 0. The van der Waals surface area contributed by atoms with Gasteiger partial charge < -0.3 is 4.74 Å². The summed E-state index contributed by atoms with van der Waals surface area (Å²) in [7, 11) is 0. The van der Waals surface area contributed by atoms with Gasteiger partial charge in [-0.3, -0.25) is 19.6 Å². The summed E-state index contributed by atoms with van der Waals surface area (Å²) < 4.78 is 7.37. The summed E-state index contributed by atoms with van der Waals surface area (Å²) in [5, 5.41) is 4.59. The second-order valence-electron chi connectivity index (χ2n) is 12.5. The highest BCUT2D eigenvalue weighted by atomic mass is 16.5. The summed E-state index contributed by atoms with van der Waals surface area (Å²) in [6, 6.07) is 17.1. The number of benzene rings is 1. The number of aromatic nitrogens is 4. The van der Waals surface area contributed by atoms with Gasteiger partial charge in [0.05, 0.1) is 23.3 Å². The average Bonchev–Trinajstić information content (AvgIpc) is 3.53. The van der Waals surface area contributed by atoms with E-state index in [9.17, 15) is 9.59 Å². The van der Waals surface area contributed by atoms with Crippen LogP contribution in [0.15, 0.2) is 73.2 Å². The van der Waals surface area contributed by atoms with E-state index in [2.05, 4.69) is 22.0 Å². The van der Waals surface area contributed by atoms with Crippen LogP contribution in [0.25, 0.3) is 33.8 Å². The molecule has 7 nitrogen and oxygen atoms in total. The third kappa shape index (κ3) is 11.9. The Morgan fingerprint density at radius 3 is 1.89 bits per heavy atom. The minimum atomic E-state index is -0.205. The van der Waals surface area contributed by atoms with Gasteiger partial charge in [-0.15, -0.1) is 0 Å². The van der Waals surface area contributed by atoms with Crippen LogP contribution in [-0.4, -0.2) is 31.5 Å². The largest absolute Gasteiger partial charge is 0.442 e. The molecule has 0 amide bonds. The summed E-state index contributed by atoms with van der Waals surface area (Å²) in [5.41, 5.74) is 5.66. The maximum atomic E-state index is 12.6. The van der Waals surface area contributed by atoms with E-state index < -0.39 is 0 Å². The Labute approximate surface area is 281 Å². The summed E-state index contributed by atoms with van der Waals surface area (Å²) in [6.07, 6.45) is 25.1. The lowest BCUT2D eigenvalue weighted by Crippen LogP contribution is -2.11. The van der Waals surface area contributed by atoms with Crippen molar-refractivity contribution in [3.8, 4) is 33.8 Å². The Bertz CT molecular complexity index is 1500. The summed E-state index contributed by atoms with van der Waals surface area (Å²) in [4.78, 5) is 33.5. The van der Waals surface area contributed by atoms with Crippen molar-refractivity contribution in [1.82, 2.24) is 19.7 Å². The van der Waals surface area contributed by atoms with Gasteiger partial charge in [-0.2, -0.15) is 5.10 Å². The van der Waals surface area contributed by atoms with Gasteiger partial charge in [-0.25, -0.2) is 4.68 Å². The molecule has 7 heteroatoms. The molecule has 250 valence electrons. The van der Waals surface area contributed by atoms with E-state index in [1.807, 2.05) is 54.6 Å². The minimum Gasteiger partial charge on any atom is -0.442 e. The maximum absolute atomic E-state index is 12.6. The first-order valence-electron chi connectivity index (χ1n) is 17.8. The fourth-order valence-corrected chi connectivity index (χ4v) is 5.95. The van der Waals surface area contributed by atoms with Gasteiger partial charge in [0.2, 0.25) is 0 Å². The lowest BCUT2D eigenvalue weighted by Gasteiger charge is -2.11. The number of hydrogen-bond acceptors (Lipinski definition) is 6. The molecule has 47 heavy (non-hydrogen) atoms. The van der Waals surface area contributed by atoms with E-state index in [4.69, 9.17) is 4.74 Å². The molecular weight excluding hydrogens is 584 g/mol. The number of rotatable bonds is 22. The highest BCUT2D eigenvalue weighted by Gasteiger charge is 2.18. The van der Waals surface area contributed by atoms with Gasteiger partial charge in [0.15, 0.2) is 12.5 Å². The van der Waals surface area contributed by atoms with Crippen molar-refractivity contribution in [2.45, 2.75) is 123 Å². The van der Waals surface area contributed by atoms with Crippen LogP contribution in [-0.2, 0) is 16.3 Å². The molecule has 0 saturated heterocycles. The van der Waals surface area contributed by atoms with E-state index in [-0.39, 0.29) is 18.5 Å². The predicted octanol–water partition coefficient (Wildman–Crippen LogP) is 10.6. The van der Waals surface area contributed by atoms with Gasteiger partial charge in [-0.1, -0.05) is 127 Å². The number of carbonyl (C=O) groups excluding carboxylic acids is 2. The molecule has 4 aromatic rings. The van der Waals surface area contributed by atoms with Crippen LogP contribution >= 0.6 is 0 Å². The van der Waals surface area contributed by atoms with E-state index in [0.717, 1.165) is 46.6 Å². The van der Waals surface area contributed by atoms with Crippen molar-refractivity contribution < 1.29 is 14.3 Å². The molecule has 0 aliphatic heterocycles. The van der Waals surface area contributed by atoms with Crippen molar-refractivity contribution in [1.29, 1.82) is 0 Å². The molecular formula is C40H52N4O3. The van der Waals surface area contributed by atoms with Crippen LogP contribution in [0.2, 0.25) is 0 Å². The molecule has 3 aromatic heterocycles. The standard InChI is InChI=1S/C40H52N4O3/c1-3-4-5-6-7-8-9-10-11-12-13-14-15-16-17-21-39(46)47-31-44-40(37-20-18-19-27-41-37)36(30-43-44)35-26-28-42-38(29-35)34-24-22-33(23-25-34)32(2)45/h18-20,22-30H,3-17,21,31H2,1-2H3. The Morgan fingerprint density at radius 2 is 1.30 bits per heavy atom. The molecule has 0 spiro atoms. The molecule has 3 heterocycles. The van der Waals surface area contributed by atoms with Gasteiger partial charge in [0, 0.05) is 35.5 Å². The zero-order valence-electron chi connectivity index (χ0n) is 28.5. The van der Waals surface area contributed by atoms with Crippen molar-refractivity contribution in [2.24, 2.45) is 0 Å². The molecule has 0 bridgehead atoms. The Kier molecular flexibility index (Phi) is 15.3. The number of pyridine rings is 2. The fourth-order valence-electron chi connectivity index (χ4n) is 5.95. The van der Waals surface area contributed by atoms with Gasteiger partial charge in [0.1, 0.15) is 0 Å². The number of nitrogens with zero attached hydrogens (tertiary/aromatic N) is 4. The fraction of sp³-hybridized carbons (Fsp3) is 0.475. The molecule has 0 aliphatic rings. The van der Waals surface area contributed by atoms with Crippen LogP contribution in [0.1, 0.15) is 127 Å². The third-order valence-corrected chi connectivity index (χ3v) is 8.74. The van der Waals surface area contributed by atoms with E-state index in [1.54, 1.807) is 30.2 Å². The number of unbranched alkanes of at least 4 members (excludes halogenated alkanes) is 14. The monoisotopic (exact) mass is 636 g/mol. The highest BCUT2D eigenvalue weighted by molar-refractivity contribution is 5.94. The zero-order valence-corrected chi connectivity index (χ0v) is 28.5. The lowest BCUT2D eigenvalue weighted by atomic mass is 10.0. The van der Waals surface area contributed by atoms with Gasteiger partial charge in [-0.05, 0) is 43.2 Å². The average molecular weight is 637 g/mol. The quantitative estimate of drug-likeness (QED) is 0.0484. The molecule has 0 saturated carbocycles. The van der Waals surface area contributed by atoms with Crippen molar-refractivity contribution in [2.75, 3.05) is 0 Å². The molecule has 0 atom stereocenters. The molecule has 1 aromatic carbocycles. The number of hydrogen-bond donors (Lipinski definition) is 0. The van der Waals surface area contributed by atoms with Crippen LogP contribution in [0, 0.1) is 0 Å². The zero-order chi connectivity index (χ0) is 33.1. The highest BCUT2D eigenvalue weighted by Crippen LogP contribution is 2.33. The number of ketones is 1. The third-order valence-electron chi connectivity index (χ3n) is 8.74. The molecule has 0 aliphatic carbocycles. The van der Waals surface area contributed by atoms with Gasteiger partial charge >= 0.3 is 5.97 Å². The minimum absolute atomic E-state index is 0.0218. The summed E-state index contributed by atoms with van der Waals surface area (Å²) in [6.45, 7) is 3.85. The second-order valence-corrected chi connectivity index (χ2v) is 12.5. The number of carbonyl (C=O) groups is 2. The predicted molar refractivity (Wildman–Crippen MR) is 190 cm³/mol. The van der Waals surface area contributed by atoms with Crippen LogP contribution in [0.4, 0.5) is 0 Å². The first kappa shape index (κ1) is 35.7. The molecule has 4 rings (SSSR count). The molecule has 0 radical (unpaired) electrons. The first-order chi connectivity index (χ1) is 23.1. The van der Waals surface area contributed by atoms with Crippen LogP contribution < -0.4 is 0 Å².